The number of nitrogens with zero attached hydrogens (tertiary/aromatic N) is 3. The van der Waals surface area contributed by atoms with Gasteiger partial charge in [0, 0.05) is 25.3 Å². The van der Waals surface area contributed by atoms with Gasteiger partial charge in [0.2, 0.25) is 17.7 Å². The number of carbonyl (C=O) groups excluding carboxylic acids is 3. The van der Waals surface area contributed by atoms with Gasteiger partial charge in [-0.2, -0.15) is 0 Å². The zero-order chi connectivity index (χ0) is 28.8. The third-order valence-corrected chi connectivity index (χ3v) is 8.50. The number of para-hydroxylation sites is 1. The maximum Gasteiger partial charge on any atom is 0.250 e. The third kappa shape index (κ3) is 6.21. The van der Waals surface area contributed by atoms with Crippen LogP contribution in [0.2, 0.25) is 0 Å². The Morgan fingerprint density at radius 3 is 2.37 bits per heavy atom. The number of fused-ring (bicyclic) bond motifs is 1. The van der Waals surface area contributed by atoms with Crippen LogP contribution in [0.4, 0.5) is 5.69 Å². The van der Waals surface area contributed by atoms with Crippen molar-refractivity contribution in [1.29, 1.82) is 0 Å². The van der Waals surface area contributed by atoms with Crippen molar-refractivity contribution in [2.24, 2.45) is 11.5 Å². The summed E-state index contributed by atoms with van der Waals surface area (Å²) in [6, 6.07) is 24.0. The first-order valence-electron chi connectivity index (χ1n) is 14.5. The Morgan fingerprint density at radius 1 is 0.927 bits per heavy atom. The van der Waals surface area contributed by atoms with Gasteiger partial charge in [-0.3, -0.25) is 19.3 Å². The van der Waals surface area contributed by atoms with E-state index in [1.54, 1.807) is 4.90 Å². The van der Waals surface area contributed by atoms with Gasteiger partial charge in [-0.05, 0) is 67.1 Å². The number of hydrogen-bond acceptors (Lipinski definition) is 6. The van der Waals surface area contributed by atoms with Crippen molar-refractivity contribution in [2.75, 3.05) is 37.7 Å². The molecule has 1 atom stereocenters. The van der Waals surface area contributed by atoms with E-state index >= 15 is 0 Å². The lowest BCUT2D eigenvalue weighted by Gasteiger charge is -2.43. The molecule has 0 aliphatic carbocycles. The zero-order valence-corrected chi connectivity index (χ0v) is 23.5. The molecule has 2 aliphatic rings. The molecule has 3 aromatic rings. The van der Waals surface area contributed by atoms with Crippen LogP contribution in [-0.2, 0) is 20.9 Å². The average molecular weight is 557 g/mol. The van der Waals surface area contributed by atoms with Crippen LogP contribution in [0.15, 0.2) is 72.8 Å². The molecule has 3 aromatic carbocycles. The van der Waals surface area contributed by atoms with Crippen molar-refractivity contribution in [3.05, 3.63) is 78.4 Å². The molecule has 3 amide bonds. The average Bonchev–Trinajstić information content (AvgIpc) is 3.24. The maximum absolute atomic E-state index is 14.1. The summed E-state index contributed by atoms with van der Waals surface area (Å²) < 4.78 is 0. The summed E-state index contributed by atoms with van der Waals surface area (Å²) >= 11 is 0. The van der Waals surface area contributed by atoms with Gasteiger partial charge in [0.05, 0.1) is 6.67 Å². The van der Waals surface area contributed by atoms with Crippen molar-refractivity contribution >= 4 is 34.2 Å². The van der Waals surface area contributed by atoms with Gasteiger partial charge in [-0.1, -0.05) is 60.7 Å². The number of anilines is 1. The molecule has 2 fully saturated rings. The van der Waals surface area contributed by atoms with E-state index in [0.717, 1.165) is 31.7 Å². The fourth-order valence-electron chi connectivity index (χ4n) is 6.27. The second-order valence-electron chi connectivity index (χ2n) is 11.2. The van der Waals surface area contributed by atoms with Crippen LogP contribution in [0.25, 0.3) is 10.8 Å². The van der Waals surface area contributed by atoms with E-state index in [1.807, 2.05) is 30.3 Å². The number of likely N-dealkylation sites (tertiary alicyclic amines) is 1. The van der Waals surface area contributed by atoms with Crippen LogP contribution in [0.1, 0.15) is 37.7 Å². The number of nitrogens with one attached hydrogen (secondary N) is 1. The van der Waals surface area contributed by atoms with Crippen LogP contribution in [0, 0.1) is 0 Å². The molecule has 2 aliphatic heterocycles. The predicted molar refractivity (Wildman–Crippen MR) is 161 cm³/mol. The number of carbonyl (C=O) groups is 3. The van der Waals surface area contributed by atoms with Crippen molar-refractivity contribution < 1.29 is 14.4 Å². The van der Waals surface area contributed by atoms with Gasteiger partial charge in [0.15, 0.2) is 0 Å². The van der Waals surface area contributed by atoms with Crippen LogP contribution >= 0.6 is 0 Å². The third-order valence-electron chi connectivity index (χ3n) is 8.50. The van der Waals surface area contributed by atoms with Crippen molar-refractivity contribution in [3.8, 4) is 0 Å². The summed E-state index contributed by atoms with van der Waals surface area (Å²) in [7, 11) is 0. The molecule has 0 aromatic heterocycles. The fourth-order valence-corrected chi connectivity index (χ4v) is 6.27. The fraction of sp³-hybridized carbons (Fsp3) is 0.406. The number of hydrogen-bond donors (Lipinski definition) is 3. The summed E-state index contributed by atoms with van der Waals surface area (Å²) in [6.45, 7) is 3.06. The molecule has 2 saturated heterocycles. The molecule has 2 heterocycles. The minimum atomic E-state index is -0.775. The Balaban J connectivity index is 1.29. The first-order chi connectivity index (χ1) is 19.9. The normalized spacial score (nSPS) is 17.7. The first kappa shape index (κ1) is 28.6. The summed E-state index contributed by atoms with van der Waals surface area (Å²) in [5.41, 5.74) is 12.6. The highest BCUT2D eigenvalue weighted by molar-refractivity contribution is 5.97. The standard InChI is InChI=1S/C32H40N6O3/c33-18-7-6-15-28(30(34)40)35-29(39)22-37-23-38(26-12-2-1-3-13-26)32(31(37)41)16-19-36(20-17-32)21-25-11-8-10-24-9-4-5-14-27(24)25/h1-5,8-14,28H,6-7,15-23,33H2,(H2,34,40)(H,35,39). The van der Waals surface area contributed by atoms with Gasteiger partial charge in [-0.25, -0.2) is 0 Å². The summed E-state index contributed by atoms with van der Waals surface area (Å²) in [4.78, 5) is 45.2. The Labute approximate surface area is 241 Å². The Bertz CT molecular complexity index is 1370. The summed E-state index contributed by atoms with van der Waals surface area (Å²) in [5, 5.41) is 5.23. The minimum Gasteiger partial charge on any atom is -0.368 e. The predicted octanol–water partition coefficient (Wildman–Crippen LogP) is 2.58. The number of unbranched alkanes of at least 4 members (excludes halogenated alkanes) is 1. The largest absolute Gasteiger partial charge is 0.368 e. The SMILES string of the molecule is NCCCCC(NC(=O)CN1CN(c2ccccc2)C2(CCN(Cc3cccc4ccccc34)CC2)C1=O)C(N)=O. The van der Waals surface area contributed by atoms with Crippen LogP contribution in [0.3, 0.4) is 0 Å². The quantitative estimate of drug-likeness (QED) is 0.312. The molecular formula is C32H40N6O3. The molecule has 1 spiro atoms. The van der Waals surface area contributed by atoms with Crippen LogP contribution in [0.5, 0.6) is 0 Å². The molecule has 216 valence electrons. The highest BCUT2D eigenvalue weighted by Gasteiger charge is 2.54. The van der Waals surface area contributed by atoms with Crippen LogP contribution in [-0.4, -0.2) is 71.9 Å². The molecule has 0 bridgehead atoms. The Hall–Kier alpha value is -3.95. The van der Waals surface area contributed by atoms with Gasteiger partial charge in [0.25, 0.3) is 0 Å². The van der Waals surface area contributed by atoms with E-state index in [2.05, 4.69) is 57.6 Å². The van der Waals surface area contributed by atoms with Crippen LogP contribution < -0.4 is 21.7 Å². The molecule has 1 unspecified atom stereocenters. The van der Waals surface area contributed by atoms with Gasteiger partial charge < -0.3 is 26.6 Å². The first-order valence-corrected chi connectivity index (χ1v) is 14.5. The zero-order valence-electron chi connectivity index (χ0n) is 23.5. The van der Waals surface area contributed by atoms with Gasteiger partial charge in [0.1, 0.15) is 18.1 Å². The maximum atomic E-state index is 14.1. The highest BCUT2D eigenvalue weighted by atomic mass is 16.2. The number of benzene rings is 3. The lowest BCUT2D eigenvalue weighted by Crippen LogP contribution is -2.56. The van der Waals surface area contributed by atoms with E-state index in [9.17, 15) is 14.4 Å². The molecule has 5 rings (SSSR count). The molecule has 9 nitrogen and oxygen atoms in total. The van der Waals surface area contributed by atoms with E-state index in [1.165, 1.54) is 16.3 Å². The van der Waals surface area contributed by atoms with E-state index in [4.69, 9.17) is 11.5 Å². The number of rotatable bonds is 11. The highest BCUT2D eigenvalue weighted by Crippen LogP contribution is 2.39. The lowest BCUT2D eigenvalue weighted by molar-refractivity contribution is -0.137. The van der Waals surface area contributed by atoms with E-state index in [-0.39, 0.29) is 18.4 Å². The number of primary amides is 1. The monoisotopic (exact) mass is 556 g/mol. The molecule has 0 saturated carbocycles. The molecule has 5 N–H and O–H groups in total. The Morgan fingerprint density at radius 2 is 1.63 bits per heavy atom. The van der Waals surface area contributed by atoms with E-state index in [0.29, 0.717) is 38.9 Å². The van der Waals surface area contributed by atoms with Gasteiger partial charge in [-0.15, -0.1) is 0 Å². The van der Waals surface area contributed by atoms with E-state index < -0.39 is 17.5 Å². The van der Waals surface area contributed by atoms with Crippen molar-refractivity contribution in [3.63, 3.8) is 0 Å². The number of amides is 3. The lowest BCUT2D eigenvalue weighted by atomic mass is 9.85. The summed E-state index contributed by atoms with van der Waals surface area (Å²) in [5.74, 6) is -1.00. The van der Waals surface area contributed by atoms with Crippen molar-refractivity contribution in [1.82, 2.24) is 15.1 Å². The second-order valence-corrected chi connectivity index (χ2v) is 11.2. The molecular weight excluding hydrogens is 516 g/mol. The number of piperidine rings is 1. The topological polar surface area (TPSA) is 125 Å². The molecule has 41 heavy (non-hydrogen) atoms. The molecule has 9 heteroatoms. The minimum absolute atomic E-state index is 0.0416. The van der Waals surface area contributed by atoms with Gasteiger partial charge >= 0.3 is 0 Å². The second kappa shape index (κ2) is 12.7. The number of nitrogens with two attached hydrogens (primary N) is 2. The van der Waals surface area contributed by atoms with Crippen molar-refractivity contribution in [2.45, 2.75) is 50.2 Å². The smallest absolute Gasteiger partial charge is 0.250 e. The summed E-state index contributed by atoms with van der Waals surface area (Å²) in [6.07, 6.45) is 3.18. The molecule has 0 radical (unpaired) electrons. The Kier molecular flexibility index (Phi) is 8.85.